The number of ether oxygens (including phenoxy) is 3. The number of aliphatic hydroxyl groups is 1. The van der Waals surface area contributed by atoms with Gasteiger partial charge in [0.2, 0.25) is 0 Å². The third-order valence-corrected chi connectivity index (χ3v) is 8.53. The number of aryl methyl sites for hydroxylation is 2. The number of nitrogens with zero attached hydrogens (tertiary/aromatic N) is 2. The van der Waals surface area contributed by atoms with Crippen molar-refractivity contribution in [3.63, 3.8) is 0 Å². The fourth-order valence-electron chi connectivity index (χ4n) is 5.27. The molecule has 0 aliphatic carbocycles. The fourth-order valence-corrected chi connectivity index (χ4v) is 6.44. The van der Waals surface area contributed by atoms with Crippen molar-refractivity contribution < 1.29 is 28.9 Å². The number of hydrogen-bond donors (Lipinski definition) is 1. The van der Waals surface area contributed by atoms with E-state index in [1.165, 1.54) is 16.2 Å². The van der Waals surface area contributed by atoms with E-state index in [1.54, 1.807) is 49.6 Å². The average Bonchev–Trinajstić information content (AvgIpc) is 3.54. The predicted molar refractivity (Wildman–Crippen MR) is 174 cm³/mol. The molecule has 1 N–H and O–H groups in total. The molecule has 0 bridgehead atoms. The molecule has 44 heavy (non-hydrogen) atoms. The number of ketones is 1. The highest BCUT2D eigenvalue weighted by atomic mass is 32.1. The Bertz CT molecular complexity index is 1720. The Labute approximate surface area is 261 Å². The Kier molecular flexibility index (Phi) is 9.25. The number of aromatic nitrogens is 1. The molecule has 5 rings (SSSR count). The lowest BCUT2D eigenvalue weighted by molar-refractivity contribution is -0.132. The van der Waals surface area contributed by atoms with Crippen molar-refractivity contribution in [2.45, 2.75) is 53.5 Å². The first-order valence-corrected chi connectivity index (χ1v) is 15.7. The van der Waals surface area contributed by atoms with E-state index in [2.05, 4.69) is 13.8 Å². The van der Waals surface area contributed by atoms with E-state index in [1.807, 2.05) is 32.9 Å². The number of rotatable bonds is 11. The summed E-state index contributed by atoms with van der Waals surface area (Å²) in [6, 6.07) is 15.3. The van der Waals surface area contributed by atoms with Gasteiger partial charge in [-0.25, -0.2) is 4.98 Å². The topological polar surface area (TPSA) is 98.2 Å². The first-order chi connectivity index (χ1) is 21.1. The van der Waals surface area contributed by atoms with E-state index < -0.39 is 17.7 Å². The summed E-state index contributed by atoms with van der Waals surface area (Å²) in [4.78, 5) is 33.7. The molecule has 3 aromatic carbocycles. The Morgan fingerprint density at radius 2 is 1.75 bits per heavy atom. The molecule has 1 saturated heterocycles. The largest absolute Gasteiger partial charge is 0.507 e. The van der Waals surface area contributed by atoms with Crippen LogP contribution in [-0.2, 0) is 9.59 Å². The maximum absolute atomic E-state index is 13.8. The molecule has 9 heteroatoms. The van der Waals surface area contributed by atoms with E-state index in [0.717, 1.165) is 34.2 Å². The molecule has 1 aliphatic rings. The van der Waals surface area contributed by atoms with E-state index in [9.17, 15) is 14.7 Å². The number of carbonyl (C=O) groups is 2. The van der Waals surface area contributed by atoms with Crippen LogP contribution in [0.3, 0.4) is 0 Å². The van der Waals surface area contributed by atoms with Crippen LogP contribution < -0.4 is 19.1 Å². The SMILES string of the molecule is CCCOc1ccc(C(O)=C2C(=O)C(=O)N(c3nc4c(C)cc(C)cc4s3)C2c2ccc(OCCC(C)C)c(OC)c2)cc1. The third kappa shape index (κ3) is 6.15. The number of fused-ring (bicyclic) bond motifs is 1. The number of hydrogen-bond acceptors (Lipinski definition) is 8. The lowest BCUT2D eigenvalue weighted by atomic mass is 9.95. The molecule has 8 nitrogen and oxygen atoms in total. The monoisotopic (exact) mass is 614 g/mol. The minimum absolute atomic E-state index is 0.0279. The minimum atomic E-state index is -0.952. The molecule has 0 saturated carbocycles. The van der Waals surface area contributed by atoms with Crippen LogP contribution in [0, 0.1) is 19.8 Å². The van der Waals surface area contributed by atoms with Crippen molar-refractivity contribution >= 4 is 44.1 Å². The number of aliphatic hydroxyl groups excluding tert-OH is 1. The predicted octanol–water partition coefficient (Wildman–Crippen LogP) is 7.76. The quantitative estimate of drug-likeness (QED) is 0.105. The summed E-state index contributed by atoms with van der Waals surface area (Å²) in [6.45, 7) is 11.3. The van der Waals surface area contributed by atoms with Gasteiger partial charge in [-0.3, -0.25) is 14.5 Å². The Hall–Kier alpha value is -4.37. The molecule has 1 aromatic heterocycles. The van der Waals surface area contributed by atoms with Crippen LogP contribution in [0.25, 0.3) is 16.0 Å². The first-order valence-electron chi connectivity index (χ1n) is 14.9. The zero-order valence-corrected chi connectivity index (χ0v) is 26.8. The molecule has 1 fully saturated rings. The zero-order chi connectivity index (χ0) is 31.5. The molecule has 1 amide bonds. The Morgan fingerprint density at radius 3 is 2.43 bits per heavy atom. The van der Waals surface area contributed by atoms with Crippen molar-refractivity contribution in [2.75, 3.05) is 25.2 Å². The normalized spacial score (nSPS) is 16.2. The van der Waals surface area contributed by atoms with E-state index in [4.69, 9.17) is 19.2 Å². The lowest BCUT2D eigenvalue weighted by Gasteiger charge is -2.24. The summed E-state index contributed by atoms with van der Waals surface area (Å²) >= 11 is 1.34. The van der Waals surface area contributed by atoms with Crippen LogP contribution in [0.4, 0.5) is 5.13 Å². The highest BCUT2D eigenvalue weighted by Gasteiger charge is 2.48. The van der Waals surface area contributed by atoms with Gasteiger partial charge in [0.05, 0.1) is 42.2 Å². The summed E-state index contributed by atoms with van der Waals surface area (Å²) in [5.41, 5.74) is 3.77. The van der Waals surface area contributed by atoms with Gasteiger partial charge < -0.3 is 19.3 Å². The molecular formula is C35H38N2O6S. The zero-order valence-electron chi connectivity index (χ0n) is 26.0. The second-order valence-corrected chi connectivity index (χ2v) is 12.4. The molecule has 0 spiro atoms. The molecular weight excluding hydrogens is 576 g/mol. The summed E-state index contributed by atoms with van der Waals surface area (Å²) in [5.74, 6) is 0.327. The van der Waals surface area contributed by atoms with Gasteiger partial charge in [-0.1, -0.05) is 44.2 Å². The summed E-state index contributed by atoms with van der Waals surface area (Å²) < 4.78 is 18.3. The number of methoxy groups -OCH3 is 1. The second-order valence-electron chi connectivity index (χ2n) is 11.4. The number of anilines is 1. The van der Waals surface area contributed by atoms with Crippen LogP contribution in [0.1, 0.15) is 61.9 Å². The van der Waals surface area contributed by atoms with Crippen molar-refractivity contribution in [2.24, 2.45) is 5.92 Å². The van der Waals surface area contributed by atoms with Gasteiger partial charge in [0.1, 0.15) is 11.5 Å². The summed E-state index contributed by atoms with van der Waals surface area (Å²) in [7, 11) is 1.55. The maximum atomic E-state index is 13.8. The van der Waals surface area contributed by atoms with Crippen molar-refractivity contribution in [1.29, 1.82) is 0 Å². The van der Waals surface area contributed by atoms with Gasteiger partial charge in [0.15, 0.2) is 16.6 Å². The van der Waals surface area contributed by atoms with E-state index >= 15 is 0 Å². The molecule has 1 aliphatic heterocycles. The molecule has 230 valence electrons. The first kappa shape index (κ1) is 31.1. The number of thiazole rings is 1. The smallest absolute Gasteiger partial charge is 0.301 e. The van der Waals surface area contributed by atoms with Crippen LogP contribution >= 0.6 is 11.3 Å². The Morgan fingerprint density at radius 1 is 1.00 bits per heavy atom. The average molecular weight is 615 g/mol. The number of amides is 1. The van der Waals surface area contributed by atoms with Crippen LogP contribution in [0.15, 0.2) is 60.2 Å². The van der Waals surface area contributed by atoms with Crippen LogP contribution in [-0.4, -0.2) is 42.1 Å². The standard InChI is InChI=1S/C35H38N2O6S/c1-7-15-42-25-11-8-23(9-12-25)32(38)29-31(24-10-13-26(27(19-24)41-6)43-16-14-20(2)3)37(34(40)33(29)39)35-36-30-22(5)17-21(4)18-28(30)44-35/h8-13,17-20,31,38H,7,14-16H2,1-6H3. The lowest BCUT2D eigenvalue weighted by Crippen LogP contribution is -2.29. The van der Waals surface area contributed by atoms with Gasteiger partial charge in [-0.15, -0.1) is 0 Å². The van der Waals surface area contributed by atoms with E-state index in [-0.39, 0.29) is 11.3 Å². The summed E-state index contributed by atoms with van der Waals surface area (Å²) in [5, 5.41) is 12.0. The molecule has 0 radical (unpaired) electrons. The van der Waals surface area contributed by atoms with Gasteiger partial charge in [-0.05, 0) is 91.8 Å². The highest BCUT2D eigenvalue weighted by molar-refractivity contribution is 7.22. The molecule has 4 aromatic rings. The summed E-state index contributed by atoms with van der Waals surface area (Å²) in [6.07, 6.45) is 1.74. The molecule has 1 atom stereocenters. The third-order valence-electron chi connectivity index (χ3n) is 7.53. The second kappa shape index (κ2) is 13.1. The van der Waals surface area contributed by atoms with Crippen molar-refractivity contribution in [3.05, 3.63) is 82.4 Å². The fraction of sp³-hybridized carbons (Fsp3) is 0.343. The van der Waals surface area contributed by atoms with Gasteiger partial charge in [-0.2, -0.15) is 0 Å². The van der Waals surface area contributed by atoms with E-state index in [0.29, 0.717) is 52.6 Å². The van der Waals surface area contributed by atoms with Gasteiger partial charge in [0, 0.05) is 5.56 Å². The number of benzene rings is 3. The van der Waals surface area contributed by atoms with Gasteiger partial charge >= 0.3 is 5.91 Å². The highest BCUT2D eigenvalue weighted by Crippen LogP contribution is 2.46. The number of carbonyl (C=O) groups excluding carboxylic acids is 2. The number of Topliss-reactive ketones (excluding diaryl/α,β-unsaturated/α-hetero) is 1. The van der Waals surface area contributed by atoms with Crippen LogP contribution in [0.5, 0.6) is 17.2 Å². The van der Waals surface area contributed by atoms with Crippen molar-refractivity contribution in [1.82, 2.24) is 4.98 Å². The van der Waals surface area contributed by atoms with Crippen molar-refractivity contribution in [3.8, 4) is 17.2 Å². The minimum Gasteiger partial charge on any atom is -0.507 e. The van der Waals surface area contributed by atoms with Gasteiger partial charge in [0.25, 0.3) is 5.78 Å². The molecule has 1 unspecified atom stereocenters. The molecule has 2 heterocycles. The Balaban J connectivity index is 1.64. The van der Waals surface area contributed by atoms with Crippen LogP contribution in [0.2, 0.25) is 0 Å². The maximum Gasteiger partial charge on any atom is 0.301 e.